The second-order valence-corrected chi connectivity index (χ2v) is 3.52. The molecule has 0 aliphatic heterocycles. The maximum absolute atomic E-state index is 11.7. The number of hydrogen-bond acceptors (Lipinski definition) is 2. The molecule has 82 valence electrons. The van der Waals surface area contributed by atoms with Crippen molar-refractivity contribution in [1.29, 1.82) is 0 Å². The van der Waals surface area contributed by atoms with E-state index in [0.29, 0.717) is 6.54 Å². The molecule has 0 unspecified atom stereocenters. The molecule has 3 nitrogen and oxygen atoms in total. The fraction of sp³-hybridized carbons (Fsp3) is 0.417. The fourth-order valence-corrected chi connectivity index (χ4v) is 1.42. The Balaban J connectivity index is 2.72. The molecule has 0 radical (unpaired) electrons. The molecule has 3 heteroatoms. The second kappa shape index (κ2) is 5.51. The normalized spacial score (nSPS) is 10.1. The average Bonchev–Trinajstić information content (AvgIpc) is 2.25. The van der Waals surface area contributed by atoms with E-state index in [4.69, 9.17) is 0 Å². The smallest absolute Gasteiger partial charge is 0.240 e. The maximum atomic E-state index is 11.7. The Morgan fingerprint density at radius 3 is 2.67 bits per heavy atom. The summed E-state index contributed by atoms with van der Waals surface area (Å²) >= 11 is 0. The molecule has 1 N–H and O–H groups in total. The van der Waals surface area contributed by atoms with Crippen LogP contribution in [0.15, 0.2) is 24.3 Å². The SMILES string of the molecule is CCNCC(=O)N(C)c1ccccc1C. The van der Waals surface area contributed by atoms with Crippen LogP contribution in [0.5, 0.6) is 0 Å². The van der Waals surface area contributed by atoms with Crippen molar-refractivity contribution in [1.82, 2.24) is 5.32 Å². The molecule has 15 heavy (non-hydrogen) atoms. The van der Waals surface area contributed by atoms with Gasteiger partial charge in [0, 0.05) is 12.7 Å². The van der Waals surface area contributed by atoms with Gasteiger partial charge in [0.2, 0.25) is 5.91 Å². The first-order valence-electron chi connectivity index (χ1n) is 5.19. The number of amides is 1. The minimum Gasteiger partial charge on any atom is -0.314 e. The maximum Gasteiger partial charge on any atom is 0.240 e. The van der Waals surface area contributed by atoms with Gasteiger partial charge in [0.25, 0.3) is 0 Å². The van der Waals surface area contributed by atoms with E-state index >= 15 is 0 Å². The lowest BCUT2D eigenvalue weighted by Crippen LogP contribution is -2.35. The Hall–Kier alpha value is -1.35. The summed E-state index contributed by atoms with van der Waals surface area (Å²) in [6.07, 6.45) is 0. The van der Waals surface area contributed by atoms with Crippen LogP contribution in [0, 0.1) is 6.92 Å². The number of anilines is 1. The van der Waals surface area contributed by atoms with Gasteiger partial charge in [0.05, 0.1) is 6.54 Å². The number of aryl methyl sites for hydroxylation is 1. The topological polar surface area (TPSA) is 32.3 Å². The average molecular weight is 206 g/mol. The standard InChI is InChI=1S/C12H18N2O/c1-4-13-9-12(15)14(3)11-8-6-5-7-10(11)2/h5-8,13H,4,9H2,1-3H3. The van der Waals surface area contributed by atoms with Gasteiger partial charge < -0.3 is 10.2 Å². The monoisotopic (exact) mass is 206 g/mol. The summed E-state index contributed by atoms with van der Waals surface area (Å²) < 4.78 is 0. The van der Waals surface area contributed by atoms with Crippen LogP contribution in [-0.4, -0.2) is 26.0 Å². The van der Waals surface area contributed by atoms with Crippen LogP contribution in [0.25, 0.3) is 0 Å². The van der Waals surface area contributed by atoms with Crippen LogP contribution in [0.4, 0.5) is 5.69 Å². The second-order valence-electron chi connectivity index (χ2n) is 3.52. The Kier molecular flexibility index (Phi) is 4.31. The van der Waals surface area contributed by atoms with E-state index in [1.54, 1.807) is 4.90 Å². The van der Waals surface area contributed by atoms with E-state index in [9.17, 15) is 4.79 Å². The first kappa shape index (κ1) is 11.7. The Labute approximate surface area is 91.1 Å². The van der Waals surface area contributed by atoms with Crippen LogP contribution in [-0.2, 0) is 4.79 Å². The molecule has 0 aliphatic carbocycles. The molecule has 1 amide bonds. The number of carbonyl (C=O) groups excluding carboxylic acids is 1. The summed E-state index contributed by atoms with van der Waals surface area (Å²) in [5.41, 5.74) is 2.09. The van der Waals surface area contributed by atoms with Gasteiger partial charge in [-0.05, 0) is 25.1 Å². The highest BCUT2D eigenvalue weighted by Gasteiger charge is 2.11. The van der Waals surface area contributed by atoms with Gasteiger partial charge in [0.1, 0.15) is 0 Å². The summed E-state index contributed by atoms with van der Waals surface area (Å²) in [7, 11) is 1.81. The molecule has 0 aliphatic rings. The van der Waals surface area contributed by atoms with Gasteiger partial charge in [-0.2, -0.15) is 0 Å². The van der Waals surface area contributed by atoms with Gasteiger partial charge in [-0.3, -0.25) is 4.79 Å². The van der Waals surface area contributed by atoms with E-state index in [1.165, 1.54) is 0 Å². The molecule has 0 atom stereocenters. The lowest BCUT2D eigenvalue weighted by atomic mass is 10.2. The number of benzene rings is 1. The highest BCUT2D eigenvalue weighted by atomic mass is 16.2. The minimum atomic E-state index is 0.0890. The third-order valence-corrected chi connectivity index (χ3v) is 2.38. The zero-order chi connectivity index (χ0) is 11.3. The lowest BCUT2D eigenvalue weighted by Gasteiger charge is -2.19. The molecule has 0 saturated carbocycles. The number of para-hydroxylation sites is 1. The van der Waals surface area contributed by atoms with Crippen molar-refractivity contribution in [2.24, 2.45) is 0 Å². The van der Waals surface area contributed by atoms with Gasteiger partial charge in [-0.1, -0.05) is 25.1 Å². The van der Waals surface area contributed by atoms with Crippen LogP contribution >= 0.6 is 0 Å². The zero-order valence-electron chi connectivity index (χ0n) is 9.58. The Morgan fingerprint density at radius 2 is 2.07 bits per heavy atom. The number of hydrogen-bond donors (Lipinski definition) is 1. The van der Waals surface area contributed by atoms with Crippen LogP contribution < -0.4 is 10.2 Å². The van der Waals surface area contributed by atoms with Crippen LogP contribution in [0.3, 0.4) is 0 Å². The largest absolute Gasteiger partial charge is 0.314 e. The van der Waals surface area contributed by atoms with Gasteiger partial charge in [0.15, 0.2) is 0 Å². The molecule has 1 aromatic carbocycles. The molecule has 0 aromatic heterocycles. The van der Waals surface area contributed by atoms with Gasteiger partial charge in [-0.15, -0.1) is 0 Å². The molecule has 0 saturated heterocycles. The van der Waals surface area contributed by atoms with Crippen molar-refractivity contribution in [2.45, 2.75) is 13.8 Å². The van der Waals surface area contributed by atoms with Crippen molar-refractivity contribution in [3.63, 3.8) is 0 Å². The molecule has 0 spiro atoms. The number of nitrogens with zero attached hydrogens (tertiary/aromatic N) is 1. The number of rotatable bonds is 4. The number of likely N-dealkylation sites (N-methyl/N-ethyl adjacent to an activating group) is 2. The third kappa shape index (κ3) is 3.06. The van der Waals surface area contributed by atoms with Crippen molar-refractivity contribution < 1.29 is 4.79 Å². The van der Waals surface area contributed by atoms with Crippen LogP contribution in [0.2, 0.25) is 0 Å². The number of nitrogens with one attached hydrogen (secondary N) is 1. The van der Waals surface area contributed by atoms with Crippen molar-refractivity contribution in [2.75, 3.05) is 25.0 Å². The van der Waals surface area contributed by atoms with E-state index in [-0.39, 0.29) is 5.91 Å². The quantitative estimate of drug-likeness (QED) is 0.811. The fourth-order valence-electron chi connectivity index (χ4n) is 1.42. The Bertz CT molecular complexity index is 336. The summed E-state index contributed by atoms with van der Waals surface area (Å²) in [5, 5.41) is 3.03. The molecule has 0 heterocycles. The van der Waals surface area contributed by atoms with E-state index in [1.807, 2.05) is 45.2 Å². The highest BCUT2D eigenvalue weighted by Crippen LogP contribution is 2.17. The first-order valence-corrected chi connectivity index (χ1v) is 5.19. The predicted octanol–water partition coefficient (Wildman–Crippen LogP) is 1.57. The van der Waals surface area contributed by atoms with Gasteiger partial charge >= 0.3 is 0 Å². The first-order chi connectivity index (χ1) is 7.16. The van der Waals surface area contributed by atoms with E-state index in [2.05, 4.69) is 5.32 Å². The zero-order valence-corrected chi connectivity index (χ0v) is 9.58. The van der Waals surface area contributed by atoms with E-state index in [0.717, 1.165) is 17.8 Å². The van der Waals surface area contributed by atoms with Crippen molar-refractivity contribution in [3.8, 4) is 0 Å². The molecular weight excluding hydrogens is 188 g/mol. The molecule has 1 aromatic rings. The lowest BCUT2D eigenvalue weighted by molar-refractivity contribution is -0.117. The third-order valence-electron chi connectivity index (χ3n) is 2.38. The van der Waals surface area contributed by atoms with Crippen LogP contribution in [0.1, 0.15) is 12.5 Å². The Morgan fingerprint density at radius 1 is 1.40 bits per heavy atom. The molecule has 1 rings (SSSR count). The predicted molar refractivity (Wildman–Crippen MR) is 63.1 cm³/mol. The van der Waals surface area contributed by atoms with Crippen molar-refractivity contribution >= 4 is 11.6 Å². The molecule has 0 fully saturated rings. The minimum absolute atomic E-state index is 0.0890. The highest BCUT2D eigenvalue weighted by molar-refractivity contribution is 5.94. The summed E-state index contributed by atoms with van der Waals surface area (Å²) in [6.45, 7) is 5.20. The van der Waals surface area contributed by atoms with Gasteiger partial charge in [-0.25, -0.2) is 0 Å². The molecular formula is C12H18N2O. The molecule has 0 bridgehead atoms. The summed E-state index contributed by atoms with van der Waals surface area (Å²) in [4.78, 5) is 13.4. The van der Waals surface area contributed by atoms with Crippen molar-refractivity contribution in [3.05, 3.63) is 29.8 Å². The summed E-state index contributed by atoms with van der Waals surface area (Å²) in [5.74, 6) is 0.0890. The number of carbonyl (C=O) groups is 1. The summed E-state index contributed by atoms with van der Waals surface area (Å²) in [6, 6.07) is 7.88. The van der Waals surface area contributed by atoms with E-state index < -0.39 is 0 Å².